The number of hydrogen-bond donors (Lipinski definition) is 2. The van der Waals surface area contributed by atoms with Gasteiger partial charge in [-0.2, -0.15) is 0 Å². The summed E-state index contributed by atoms with van der Waals surface area (Å²) < 4.78 is 1.88. The largest absolute Gasteiger partial charge is 0.395 e. The molecule has 0 aliphatic carbocycles. The number of benzene rings is 1. The molecule has 5 heteroatoms. The van der Waals surface area contributed by atoms with Crippen LogP contribution < -0.4 is 5.32 Å². The lowest BCUT2D eigenvalue weighted by molar-refractivity contribution is 0.0940. The minimum absolute atomic E-state index is 0.0744. The average Bonchev–Trinajstić information content (AvgIpc) is 2.88. The highest BCUT2D eigenvalue weighted by molar-refractivity contribution is 5.91. The lowest BCUT2D eigenvalue weighted by Gasteiger charge is -2.07. The van der Waals surface area contributed by atoms with Crippen molar-refractivity contribution in [2.45, 2.75) is 20.4 Å². The van der Waals surface area contributed by atoms with Crippen LogP contribution in [0.2, 0.25) is 0 Å². The molecule has 0 spiro atoms. The summed E-state index contributed by atoms with van der Waals surface area (Å²) in [5, 5.41) is 11.3. The molecule has 0 unspecified atom stereocenters. The van der Waals surface area contributed by atoms with E-state index in [1.807, 2.05) is 4.57 Å². The fourth-order valence-electron chi connectivity index (χ4n) is 2.04. The molecule has 0 atom stereocenters. The van der Waals surface area contributed by atoms with Gasteiger partial charge in [0.05, 0.1) is 12.9 Å². The van der Waals surface area contributed by atoms with Gasteiger partial charge in [-0.25, -0.2) is 4.98 Å². The first kappa shape index (κ1) is 14.3. The molecule has 1 heterocycles. The van der Waals surface area contributed by atoms with Crippen LogP contribution in [0.15, 0.2) is 30.7 Å². The van der Waals surface area contributed by atoms with E-state index in [0.717, 1.165) is 0 Å². The predicted octanol–water partition coefficient (Wildman–Crippen LogP) is 1.27. The molecule has 1 aromatic carbocycles. The fourth-order valence-corrected chi connectivity index (χ4v) is 2.04. The Bertz CT molecular complexity index is 605. The van der Waals surface area contributed by atoms with Crippen LogP contribution in [0.1, 0.15) is 27.2 Å². The molecule has 0 saturated heterocycles. The second kappa shape index (κ2) is 6.34. The third-order valence-electron chi connectivity index (χ3n) is 3.11. The molecule has 106 valence electrons. The van der Waals surface area contributed by atoms with E-state index in [2.05, 4.69) is 42.3 Å². The number of carbonyl (C=O) groups excluding carboxylic acids is 1. The van der Waals surface area contributed by atoms with Gasteiger partial charge in [-0.15, -0.1) is 0 Å². The lowest BCUT2D eigenvalue weighted by Crippen LogP contribution is -2.26. The summed E-state index contributed by atoms with van der Waals surface area (Å²) in [5.41, 5.74) is 4.03. The summed E-state index contributed by atoms with van der Waals surface area (Å²) in [6, 6.07) is 6.31. The Hall–Kier alpha value is -2.14. The first-order valence-corrected chi connectivity index (χ1v) is 6.57. The third kappa shape index (κ3) is 3.45. The molecule has 2 rings (SSSR count). The number of aryl methyl sites for hydroxylation is 2. The number of amides is 1. The van der Waals surface area contributed by atoms with Crippen LogP contribution in [0.4, 0.5) is 0 Å². The van der Waals surface area contributed by atoms with Gasteiger partial charge >= 0.3 is 0 Å². The molecule has 20 heavy (non-hydrogen) atoms. The van der Waals surface area contributed by atoms with Crippen LogP contribution in [0, 0.1) is 13.8 Å². The van der Waals surface area contributed by atoms with Gasteiger partial charge in [0.2, 0.25) is 0 Å². The van der Waals surface area contributed by atoms with E-state index >= 15 is 0 Å². The second-order valence-electron chi connectivity index (χ2n) is 4.84. The van der Waals surface area contributed by atoms with Gasteiger partial charge in [0.15, 0.2) is 0 Å². The number of rotatable bonds is 5. The summed E-state index contributed by atoms with van der Waals surface area (Å²) in [4.78, 5) is 15.8. The van der Waals surface area contributed by atoms with E-state index < -0.39 is 0 Å². The van der Waals surface area contributed by atoms with Crippen LogP contribution >= 0.6 is 0 Å². The topological polar surface area (TPSA) is 67.2 Å². The van der Waals surface area contributed by atoms with Crippen molar-refractivity contribution in [3.05, 3.63) is 53.1 Å². The molecule has 2 aromatic rings. The van der Waals surface area contributed by atoms with Crippen molar-refractivity contribution in [3.63, 3.8) is 0 Å². The number of aliphatic hydroxyl groups is 1. The van der Waals surface area contributed by atoms with Crippen molar-refractivity contribution in [1.82, 2.24) is 14.9 Å². The molecule has 5 nitrogen and oxygen atoms in total. The summed E-state index contributed by atoms with van der Waals surface area (Å²) in [6.45, 7) is 5.00. The van der Waals surface area contributed by atoms with Gasteiger partial charge in [0.1, 0.15) is 5.69 Å². The molecule has 1 aromatic heterocycles. The average molecular weight is 273 g/mol. The molecule has 0 saturated carbocycles. The van der Waals surface area contributed by atoms with Crippen LogP contribution in [0.5, 0.6) is 0 Å². The third-order valence-corrected chi connectivity index (χ3v) is 3.11. The Morgan fingerprint density at radius 2 is 2.20 bits per heavy atom. The Morgan fingerprint density at radius 3 is 2.90 bits per heavy atom. The van der Waals surface area contributed by atoms with Gasteiger partial charge in [-0.3, -0.25) is 4.79 Å². The van der Waals surface area contributed by atoms with Gasteiger partial charge in [0.25, 0.3) is 5.91 Å². The number of hydrogen-bond acceptors (Lipinski definition) is 3. The molecule has 0 fully saturated rings. The standard InChI is InChI=1S/C15H19N3O2/c1-11-3-4-13(12(2)7-11)8-18-9-14(17-10-18)15(20)16-5-6-19/h3-4,7,9-10,19H,5-6,8H2,1-2H3,(H,16,20). The summed E-state index contributed by atoms with van der Waals surface area (Å²) >= 11 is 0. The van der Waals surface area contributed by atoms with Crippen molar-refractivity contribution >= 4 is 5.91 Å². The van der Waals surface area contributed by atoms with Crippen molar-refractivity contribution in [1.29, 1.82) is 0 Å². The minimum Gasteiger partial charge on any atom is -0.395 e. The maximum absolute atomic E-state index is 11.7. The number of carbonyl (C=O) groups is 1. The first-order valence-electron chi connectivity index (χ1n) is 6.57. The maximum atomic E-state index is 11.7. The molecule has 1 amide bonds. The first-order chi connectivity index (χ1) is 9.60. The SMILES string of the molecule is Cc1ccc(Cn2cnc(C(=O)NCCO)c2)c(C)c1. The predicted molar refractivity (Wildman–Crippen MR) is 76.7 cm³/mol. The van der Waals surface area contributed by atoms with Gasteiger partial charge in [0, 0.05) is 19.3 Å². The number of aliphatic hydroxyl groups excluding tert-OH is 1. The van der Waals surface area contributed by atoms with Gasteiger partial charge in [-0.1, -0.05) is 23.8 Å². The summed E-state index contributed by atoms with van der Waals surface area (Å²) in [7, 11) is 0. The summed E-state index contributed by atoms with van der Waals surface area (Å²) in [6.07, 6.45) is 3.36. The van der Waals surface area contributed by atoms with Gasteiger partial charge < -0.3 is 15.0 Å². The van der Waals surface area contributed by atoms with Crippen LogP contribution in [-0.4, -0.2) is 33.7 Å². The fraction of sp³-hybridized carbons (Fsp3) is 0.333. The van der Waals surface area contributed by atoms with E-state index in [0.29, 0.717) is 12.2 Å². The lowest BCUT2D eigenvalue weighted by atomic mass is 10.1. The van der Waals surface area contributed by atoms with Crippen LogP contribution in [0.3, 0.4) is 0 Å². The minimum atomic E-state index is -0.265. The number of nitrogens with one attached hydrogen (secondary N) is 1. The molecule has 0 aliphatic rings. The molecular weight excluding hydrogens is 254 g/mol. The molecule has 0 bridgehead atoms. The number of aromatic nitrogens is 2. The van der Waals surface area contributed by atoms with E-state index in [-0.39, 0.29) is 19.1 Å². The zero-order valence-electron chi connectivity index (χ0n) is 11.8. The summed E-state index contributed by atoms with van der Waals surface area (Å²) in [5.74, 6) is -0.265. The second-order valence-corrected chi connectivity index (χ2v) is 4.84. The molecule has 0 radical (unpaired) electrons. The zero-order chi connectivity index (χ0) is 14.5. The van der Waals surface area contributed by atoms with Crippen molar-refractivity contribution in [2.75, 3.05) is 13.2 Å². The number of nitrogens with zero attached hydrogens (tertiary/aromatic N) is 2. The van der Waals surface area contributed by atoms with Crippen LogP contribution in [0.25, 0.3) is 0 Å². The van der Waals surface area contributed by atoms with Crippen molar-refractivity contribution < 1.29 is 9.90 Å². The maximum Gasteiger partial charge on any atom is 0.271 e. The normalized spacial score (nSPS) is 10.6. The van der Waals surface area contributed by atoms with E-state index in [1.54, 1.807) is 12.5 Å². The highest BCUT2D eigenvalue weighted by Crippen LogP contribution is 2.12. The molecule has 0 aliphatic heterocycles. The van der Waals surface area contributed by atoms with Crippen molar-refractivity contribution in [2.24, 2.45) is 0 Å². The van der Waals surface area contributed by atoms with Crippen LogP contribution in [-0.2, 0) is 6.54 Å². The number of imidazole rings is 1. The Balaban J connectivity index is 2.07. The van der Waals surface area contributed by atoms with E-state index in [4.69, 9.17) is 5.11 Å². The molecule has 2 N–H and O–H groups in total. The zero-order valence-corrected chi connectivity index (χ0v) is 11.8. The highest BCUT2D eigenvalue weighted by atomic mass is 16.3. The highest BCUT2D eigenvalue weighted by Gasteiger charge is 2.09. The Kier molecular flexibility index (Phi) is 4.53. The smallest absolute Gasteiger partial charge is 0.271 e. The van der Waals surface area contributed by atoms with Gasteiger partial charge in [-0.05, 0) is 25.0 Å². The van der Waals surface area contributed by atoms with E-state index in [1.165, 1.54) is 16.7 Å². The van der Waals surface area contributed by atoms with Crippen molar-refractivity contribution in [3.8, 4) is 0 Å². The Morgan fingerprint density at radius 1 is 1.40 bits per heavy atom. The Labute approximate surface area is 118 Å². The van der Waals surface area contributed by atoms with E-state index in [9.17, 15) is 4.79 Å². The quantitative estimate of drug-likeness (QED) is 0.862. The molecular formula is C15H19N3O2. The monoisotopic (exact) mass is 273 g/mol.